The summed E-state index contributed by atoms with van der Waals surface area (Å²) < 4.78 is 5.80. The summed E-state index contributed by atoms with van der Waals surface area (Å²) in [5.41, 5.74) is 1.10. The highest BCUT2D eigenvalue weighted by Crippen LogP contribution is 2.28. The zero-order chi connectivity index (χ0) is 13.7. The molecular formula is C17H10O3. The Kier molecular flexibility index (Phi) is 2.12. The van der Waals surface area contributed by atoms with Gasteiger partial charge in [0.1, 0.15) is 16.9 Å². The summed E-state index contributed by atoms with van der Waals surface area (Å²) >= 11 is 0. The van der Waals surface area contributed by atoms with Crippen LogP contribution in [-0.4, -0.2) is 5.11 Å². The van der Waals surface area contributed by atoms with Gasteiger partial charge in [0, 0.05) is 0 Å². The van der Waals surface area contributed by atoms with E-state index in [1.807, 2.05) is 18.2 Å². The number of fused-ring (bicyclic) bond motifs is 4. The lowest BCUT2D eigenvalue weighted by Crippen LogP contribution is -2.02. The number of benzene rings is 3. The van der Waals surface area contributed by atoms with Crippen LogP contribution in [0.15, 0.2) is 63.8 Å². The number of hydrogen-bond donors (Lipinski definition) is 1. The Hall–Kier alpha value is -2.81. The van der Waals surface area contributed by atoms with E-state index in [2.05, 4.69) is 0 Å². The normalized spacial score (nSPS) is 11.4. The molecule has 1 heterocycles. The maximum absolute atomic E-state index is 12.7. The van der Waals surface area contributed by atoms with Gasteiger partial charge >= 0.3 is 0 Å². The van der Waals surface area contributed by atoms with Crippen molar-refractivity contribution in [2.45, 2.75) is 0 Å². The molecule has 3 aromatic carbocycles. The summed E-state index contributed by atoms with van der Waals surface area (Å²) in [4.78, 5) is 12.7. The van der Waals surface area contributed by atoms with Gasteiger partial charge in [0.05, 0.1) is 10.8 Å². The Morgan fingerprint density at radius 1 is 0.850 bits per heavy atom. The number of aromatic hydroxyl groups is 1. The molecule has 0 aliphatic heterocycles. The topological polar surface area (TPSA) is 50.4 Å². The predicted octanol–water partition coefficient (Wildman–Crippen LogP) is 3.81. The quantitative estimate of drug-likeness (QED) is 0.387. The molecule has 4 rings (SSSR count). The third kappa shape index (κ3) is 1.43. The first kappa shape index (κ1) is 11.1. The van der Waals surface area contributed by atoms with Crippen molar-refractivity contribution in [3.63, 3.8) is 0 Å². The minimum atomic E-state index is -0.0434. The van der Waals surface area contributed by atoms with Gasteiger partial charge < -0.3 is 9.52 Å². The van der Waals surface area contributed by atoms with Crippen LogP contribution >= 0.6 is 0 Å². The van der Waals surface area contributed by atoms with E-state index >= 15 is 0 Å². The average molecular weight is 262 g/mol. The Labute approximate surface area is 113 Å². The molecule has 0 saturated carbocycles. The van der Waals surface area contributed by atoms with E-state index in [9.17, 15) is 9.90 Å². The lowest BCUT2D eigenvalue weighted by molar-refractivity contribution is 0.476. The Balaban J connectivity index is 2.32. The maximum atomic E-state index is 12.7. The Morgan fingerprint density at radius 2 is 1.70 bits per heavy atom. The first-order valence-electron chi connectivity index (χ1n) is 6.31. The van der Waals surface area contributed by atoms with Crippen LogP contribution in [-0.2, 0) is 0 Å². The van der Waals surface area contributed by atoms with Gasteiger partial charge in [-0.3, -0.25) is 4.79 Å². The fraction of sp³-hybridized carbons (Fsp3) is 0. The van der Waals surface area contributed by atoms with Crippen molar-refractivity contribution < 1.29 is 9.52 Å². The number of hydrogen-bond acceptors (Lipinski definition) is 3. The van der Waals surface area contributed by atoms with E-state index < -0.39 is 0 Å². The first-order valence-corrected chi connectivity index (χ1v) is 6.31. The van der Waals surface area contributed by atoms with Crippen LogP contribution in [0.5, 0.6) is 5.75 Å². The van der Waals surface area contributed by atoms with Crippen LogP contribution in [0.3, 0.4) is 0 Å². The molecule has 4 aromatic rings. The molecule has 96 valence electrons. The number of phenols is 1. The lowest BCUT2D eigenvalue weighted by atomic mass is 10.0. The molecule has 0 saturated heterocycles. The summed E-state index contributed by atoms with van der Waals surface area (Å²) in [6.45, 7) is 0. The predicted molar refractivity (Wildman–Crippen MR) is 79.2 cm³/mol. The molecule has 0 amide bonds. The van der Waals surface area contributed by atoms with Crippen molar-refractivity contribution in [2.24, 2.45) is 0 Å². The van der Waals surface area contributed by atoms with Gasteiger partial charge in [0.15, 0.2) is 0 Å². The van der Waals surface area contributed by atoms with E-state index in [1.165, 1.54) is 0 Å². The van der Waals surface area contributed by atoms with Crippen molar-refractivity contribution in [2.75, 3.05) is 0 Å². The molecule has 0 fully saturated rings. The standard InChI is InChI=1S/C17H10O3/c18-11-6-7-12-10(9-11)5-8-15-16(12)17(19)13-3-1-2-4-14(13)20-15/h1-9,18H. The zero-order valence-corrected chi connectivity index (χ0v) is 10.5. The Bertz CT molecular complexity index is 1030. The summed E-state index contributed by atoms with van der Waals surface area (Å²) in [7, 11) is 0. The molecular weight excluding hydrogens is 252 g/mol. The highest BCUT2D eigenvalue weighted by Gasteiger charge is 2.10. The van der Waals surface area contributed by atoms with Crippen LogP contribution in [0.25, 0.3) is 32.7 Å². The van der Waals surface area contributed by atoms with Crippen LogP contribution in [0.4, 0.5) is 0 Å². The van der Waals surface area contributed by atoms with Crippen molar-refractivity contribution >= 4 is 32.7 Å². The van der Waals surface area contributed by atoms with Crippen molar-refractivity contribution in [1.29, 1.82) is 0 Å². The molecule has 1 N–H and O–H groups in total. The highest BCUT2D eigenvalue weighted by molar-refractivity contribution is 6.08. The zero-order valence-electron chi connectivity index (χ0n) is 10.5. The molecule has 3 heteroatoms. The molecule has 0 radical (unpaired) electrons. The largest absolute Gasteiger partial charge is 0.508 e. The second-order valence-electron chi connectivity index (χ2n) is 4.77. The Morgan fingerprint density at radius 3 is 2.60 bits per heavy atom. The fourth-order valence-electron chi connectivity index (χ4n) is 2.61. The van der Waals surface area contributed by atoms with E-state index in [4.69, 9.17) is 4.42 Å². The number of phenolic OH excluding ortho intramolecular Hbond substituents is 1. The van der Waals surface area contributed by atoms with E-state index in [0.717, 1.165) is 10.8 Å². The van der Waals surface area contributed by atoms with Crippen LogP contribution < -0.4 is 5.43 Å². The van der Waals surface area contributed by atoms with Gasteiger partial charge in [-0.2, -0.15) is 0 Å². The van der Waals surface area contributed by atoms with Crippen molar-refractivity contribution in [1.82, 2.24) is 0 Å². The van der Waals surface area contributed by atoms with Crippen LogP contribution in [0.2, 0.25) is 0 Å². The SMILES string of the molecule is O=c1c2ccccc2oc2ccc3cc(O)ccc3c12. The van der Waals surface area contributed by atoms with Crippen molar-refractivity contribution in [3.05, 3.63) is 64.8 Å². The molecule has 0 spiro atoms. The monoisotopic (exact) mass is 262 g/mol. The minimum Gasteiger partial charge on any atom is -0.508 e. The van der Waals surface area contributed by atoms with Crippen LogP contribution in [0, 0.1) is 0 Å². The third-order valence-electron chi connectivity index (χ3n) is 3.54. The third-order valence-corrected chi connectivity index (χ3v) is 3.54. The molecule has 0 unspecified atom stereocenters. The molecule has 1 aromatic heterocycles. The van der Waals surface area contributed by atoms with Gasteiger partial charge in [-0.25, -0.2) is 0 Å². The van der Waals surface area contributed by atoms with E-state index in [1.54, 1.807) is 36.4 Å². The van der Waals surface area contributed by atoms with E-state index in [-0.39, 0.29) is 11.2 Å². The minimum absolute atomic E-state index is 0.0434. The second-order valence-corrected chi connectivity index (χ2v) is 4.77. The molecule has 20 heavy (non-hydrogen) atoms. The summed E-state index contributed by atoms with van der Waals surface area (Å²) in [5, 5.41) is 12.3. The van der Waals surface area contributed by atoms with Gasteiger partial charge in [0.25, 0.3) is 0 Å². The smallest absolute Gasteiger partial charge is 0.201 e. The number of para-hydroxylation sites is 1. The van der Waals surface area contributed by atoms with Crippen molar-refractivity contribution in [3.8, 4) is 5.75 Å². The molecule has 0 aliphatic carbocycles. The molecule has 3 nitrogen and oxygen atoms in total. The fourth-order valence-corrected chi connectivity index (χ4v) is 2.61. The van der Waals surface area contributed by atoms with Gasteiger partial charge in [0.2, 0.25) is 5.43 Å². The molecule has 0 bridgehead atoms. The van der Waals surface area contributed by atoms with Gasteiger partial charge in [-0.15, -0.1) is 0 Å². The lowest BCUT2D eigenvalue weighted by Gasteiger charge is -2.05. The maximum Gasteiger partial charge on any atom is 0.201 e. The first-order chi connectivity index (χ1) is 9.74. The average Bonchev–Trinajstić information content (AvgIpc) is 2.47. The molecule has 0 aliphatic rings. The van der Waals surface area contributed by atoms with E-state index in [0.29, 0.717) is 21.9 Å². The number of rotatable bonds is 0. The summed E-state index contributed by atoms with van der Waals surface area (Å²) in [6.07, 6.45) is 0. The second kappa shape index (κ2) is 3.84. The summed E-state index contributed by atoms with van der Waals surface area (Å²) in [5.74, 6) is 0.182. The van der Waals surface area contributed by atoms with Gasteiger partial charge in [-0.05, 0) is 47.2 Å². The van der Waals surface area contributed by atoms with Gasteiger partial charge in [-0.1, -0.05) is 18.2 Å². The molecule has 0 atom stereocenters. The highest BCUT2D eigenvalue weighted by atomic mass is 16.3. The van der Waals surface area contributed by atoms with Crippen LogP contribution in [0.1, 0.15) is 0 Å². The summed E-state index contributed by atoms with van der Waals surface area (Å²) in [6, 6.07) is 15.8.